The summed E-state index contributed by atoms with van der Waals surface area (Å²) in [5.74, 6) is 0.568. The van der Waals surface area contributed by atoms with Crippen LogP contribution < -0.4 is 10.1 Å². The van der Waals surface area contributed by atoms with Crippen LogP contribution in [0.25, 0.3) is 0 Å². The summed E-state index contributed by atoms with van der Waals surface area (Å²) < 4.78 is 10.0. The Labute approximate surface area is 89.2 Å². The van der Waals surface area contributed by atoms with Crippen molar-refractivity contribution in [3.8, 4) is 5.75 Å². The molecule has 1 amide bonds. The highest BCUT2D eigenvalue weighted by molar-refractivity contribution is 5.91. The van der Waals surface area contributed by atoms with Crippen LogP contribution in [0.2, 0.25) is 0 Å². The predicted octanol–water partition coefficient (Wildman–Crippen LogP) is 1.67. The predicted molar refractivity (Wildman–Crippen MR) is 58.1 cm³/mol. The van der Waals surface area contributed by atoms with Crippen LogP contribution in [-0.4, -0.2) is 26.2 Å². The minimum atomic E-state index is -0.175. The van der Waals surface area contributed by atoms with E-state index >= 15 is 0 Å². The largest absolute Gasteiger partial charge is 0.494 e. The second-order valence-corrected chi connectivity index (χ2v) is 2.94. The lowest BCUT2D eigenvalue weighted by atomic mass is 10.3. The molecule has 4 nitrogen and oxygen atoms in total. The normalized spacial score (nSPS) is 9.73. The first-order valence-corrected chi connectivity index (χ1v) is 4.78. The summed E-state index contributed by atoms with van der Waals surface area (Å²) in [6.07, 6.45) is 0. The van der Waals surface area contributed by atoms with Crippen molar-refractivity contribution in [1.29, 1.82) is 0 Å². The Bertz CT molecular complexity index is 325. The molecular formula is C11H15NO3. The van der Waals surface area contributed by atoms with Gasteiger partial charge in [-0.3, -0.25) is 4.79 Å². The van der Waals surface area contributed by atoms with E-state index in [1.165, 1.54) is 7.11 Å². The minimum absolute atomic E-state index is 0.0544. The molecule has 0 atom stereocenters. The van der Waals surface area contributed by atoms with E-state index < -0.39 is 0 Å². The van der Waals surface area contributed by atoms with E-state index in [0.717, 1.165) is 5.75 Å². The number of hydrogen-bond acceptors (Lipinski definition) is 3. The van der Waals surface area contributed by atoms with Crippen LogP contribution in [-0.2, 0) is 9.53 Å². The smallest absolute Gasteiger partial charge is 0.250 e. The number of carbonyl (C=O) groups excluding carboxylic acids is 1. The molecule has 1 N–H and O–H groups in total. The second-order valence-electron chi connectivity index (χ2n) is 2.94. The van der Waals surface area contributed by atoms with E-state index in [1.807, 2.05) is 19.1 Å². The Morgan fingerprint density at radius 1 is 1.47 bits per heavy atom. The molecule has 4 heteroatoms. The molecule has 0 aliphatic carbocycles. The van der Waals surface area contributed by atoms with Crippen molar-refractivity contribution in [1.82, 2.24) is 0 Å². The minimum Gasteiger partial charge on any atom is -0.494 e. The van der Waals surface area contributed by atoms with Crippen molar-refractivity contribution >= 4 is 11.6 Å². The van der Waals surface area contributed by atoms with Crippen molar-refractivity contribution in [3.63, 3.8) is 0 Å². The fourth-order valence-corrected chi connectivity index (χ4v) is 1.16. The standard InChI is InChI=1S/C11H15NO3/c1-3-15-10-6-4-5-9(7-10)12-11(13)8-14-2/h4-7H,3,8H2,1-2H3,(H,12,13). The van der Waals surface area contributed by atoms with Crippen molar-refractivity contribution in [2.24, 2.45) is 0 Å². The first kappa shape index (κ1) is 11.5. The monoisotopic (exact) mass is 209 g/mol. The molecule has 0 aliphatic rings. The number of nitrogens with one attached hydrogen (secondary N) is 1. The molecule has 15 heavy (non-hydrogen) atoms. The fourth-order valence-electron chi connectivity index (χ4n) is 1.16. The van der Waals surface area contributed by atoms with Crippen LogP contribution in [0.15, 0.2) is 24.3 Å². The molecule has 0 aliphatic heterocycles. The highest BCUT2D eigenvalue weighted by Gasteiger charge is 2.01. The Balaban J connectivity index is 2.60. The van der Waals surface area contributed by atoms with Gasteiger partial charge >= 0.3 is 0 Å². The maximum Gasteiger partial charge on any atom is 0.250 e. The molecule has 0 aromatic heterocycles. The number of anilines is 1. The molecule has 1 rings (SSSR count). The second kappa shape index (κ2) is 6.03. The summed E-state index contributed by atoms with van der Waals surface area (Å²) in [7, 11) is 1.48. The van der Waals surface area contributed by atoms with Crippen molar-refractivity contribution in [3.05, 3.63) is 24.3 Å². The van der Waals surface area contributed by atoms with Crippen LogP contribution in [0, 0.1) is 0 Å². The molecule has 0 saturated heterocycles. The van der Waals surface area contributed by atoms with Gasteiger partial charge in [-0.2, -0.15) is 0 Å². The summed E-state index contributed by atoms with van der Waals surface area (Å²) in [6, 6.07) is 7.25. The number of amides is 1. The van der Waals surface area contributed by atoms with Crippen LogP contribution >= 0.6 is 0 Å². The van der Waals surface area contributed by atoms with E-state index in [0.29, 0.717) is 12.3 Å². The van der Waals surface area contributed by atoms with E-state index in [2.05, 4.69) is 5.32 Å². The van der Waals surface area contributed by atoms with Crippen LogP contribution in [0.4, 0.5) is 5.69 Å². The van der Waals surface area contributed by atoms with Gasteiger partial charge in [-0.1, -0.05) is 6.07 Å². The number of rotatable bonds is 5. The topological polar surface area (TPSA) is 47.6 Å². The third kappa shape index (κ3) is 3.99. The number of carbonyl (C=O) groups is 1. The first-order chi connectivity index (χ1) is 7.26. The highest BCUT2D eigenvalue weighted by atomic mass is 16.5. The molecule has 0 unspecified atom stereocenters. The van der Waals surface area contributed by atoms with E-state index in [-0.39, 0.29) is 12.5 Å². The number of ether oxygens (including phenoxy) is 2. The Hall–Kier alpha value is -1.55. The zero-order valence-electron chi connectivity index (χ0n) is 8.95. The number of methoxy groups -OCH3 is 1. The summed E-state index contributed by atoms with van der Waals surface area (Å²) in [6.45, 7) is 2.57. The third-order valence-corrected chi connectivity index (χ3v) is 1.70. The van der Waals surface area contributed by atoms with E-state index in [9.17, 15) is 4.79 Å². The molecule has 1 aromatic rings. The lowest BCUT2D eigenvalue weighted by Gasteiger charge is -2.07. The average Bonchev–Trinajstić information content (AvgIpc) is 2.19. The van der Waals surface area contributed by atoms with Crippen molar-refractivity contribution in [2.75, 3.05) is 25.6 Å². The van der Waals surface area contributed by atoms with Crippen molar-refractivity contribution in [2.45, 2.75) is 6.92 Å². The number of benzene rings is 1. The van der Waals surface area contributed by atoms with Gasteiger partial charge in [-0.15, -0.1) is 0 Å². The molecule has 0 radical (unpaired) electrons. The van der Waals surface area contributed by atoms with E-state index in [4.69, 9.17) is 9.47 Å². The lowest BCUT2D eigenvalue weighted by Crippen LogP contribution is -2.16. The molecule has 0 bridgehead atoms. The molecule has 0 heterocycles. The van der Waals surface area contributed by atoms with Gasteiger partial charge < -0.3 is 14.8 Å². The molecular weight excluding hydrogens is 194 g/mol. The summed E-state index contributed by atoms with van der Waals surface area (Å²) in [5.41, 5.74) is 0.711. The quantitative estimate of drug-likeness (QED) is 0.802. The lowest BCUT2D eigenvalue weighted by molar-refractivity contribution is -0.119. The summed E-state index contributed by atoms with van der Waals surface area (Å²) in [5, 5.41) is 2.70. The van der Waals surface area contributed by atoms with Gasteiger partial charge in [0.1, 0.15) is 12.4 Å². The molecule has 0 saturated carbocycles. The molecule has 0 fully saturated rings. The highest BCUT2D eigenvalue weighted by Crippen LogP contribution is 2.16. The zero-order chi connectivity index (χ0) is 11.1. The maximum atomic E-state index is 11.2. The SMILES string of the molecule is CCOc1cccc(NC(=O)COC)c1. The Morgan fingerprint density at radius 3 is 2.93 bits per heavy atom. The summed E-state index contributed by atoms with van der Waals surface area (Å²) in [4.78, 5) is 11.2. The number of hydrogen-bond donors (Lipinski definition) is 1. The average molecular weight is 209 g/mol. The van der Waals surface area contributed by atoms with Crippen LogP contribution in [0.1, 0.15) is 6.92 Å². The van der Waals surface area contributed by atoms with Crippen LogP contribution in [0.5, 0.6) is 5.75 Å². The van der Waals surface area contributed by atoms with Crippen LogP contribution in [0.3, 0.4) is 0 Å². The van der Waals surface area contributed by atoms with Gasteiger partial charge in [0.2, 0.25) is 5.91 Å². The third-order valence-electron chi connectivity index (χ3n) is 1.70. The van der Waals surface area contributed by atoms with Gasteiger partial charge in [0.05, 0.1) is 6.61 Å². The maximum absolute atomic E-state index is 11.2. The first-order valence-electron chi connectivity index (χ1n) is 4.78. The molecule has 0 spiro atoms. The Morgan fingerprint density at radius 2 is 2.27 bits per heavy atom. The molecule has 1 aromatic carbocycles. The van der Waals surface area contributed by atoms with Gasteiger partial charge in [-0.05, 0) is 19.1 Å². The Kier molecular flexibility index (Phi) is 4.63. The van der Waals surface area contributed by atoms with E-state index in [1.54, 1.807) is 12.1 Å². The van der Waals surface area contributed by atoms with Gasteiger partial charge in [-0.25, -0.2) is 0 Å². The van der Waals surface area contributed by atoms with Gasteiger partial charge in [0.15, 0.2) is 0 Å². The fraction of sp³-hybridized carbons (Fsp3) is 0.364. The van der Waals surface area contributed by atoms with Gasteiger partial charge in [0.25, 0.3) is 0 Å². The zero-order valence-corrected chi connectivity index (χ0v) is 8.95. The molecule has 82 valence electrons. The van der Waals surface area contributed by atoms with Gasteiger partial charge in [0, 0.05) is 18.9 Å². The van der Waals surface area contributed by atoms with Crippen molar-refractivity contribution < 1.29 is 14.3 Å². The summed E-state index contributed by atoms with van der Waals surface area (Å²) >= 11 is 0.